The minimum Gasteiger partial charge on any atom is -0.253 e. The van der Waals surface area contributed by atoms with Crippen LogP contribution in [-0.2, 0) is 0 Å². The number of rotatable bonds is 5. The average Bonchev–Trinajstić information content (AvgIpc) is 2.41. The molecule has 0 amide bonds. The standard InChI is InChI=1S/C16H18F3N/c1-2-3-6-13(11-16(17,18)19)15-10-9-12-7-4-5-8-14(12)20-15/h4-5,7-10,13H,2-3,6,11H2,1H3. The minimum atomic E-state index is -4.15. The summed E-state index contributed by atoms with van der Waals surface area (Å²) in [5.41, 5.74) is 1.31. The van der Waals surface area contributed by atoms with Gasteiger partial charge in [-0.25, -0.2) is 0 Å². The summed E-state index contributed by atoms with van der Waals surface area (Å²) in [6, 6.07) is 11.1. The Morgan fingerprint density at radius 3 is 2.55 bits per heavy atom. The molecule has 0 spiro atoms. The molecule has 0 aliphatic carbocycles. The van der Waals surface area contributed by atoms with E-state index in [9.17, 15) is 13.2 Å². The van der Waals surface area contributed by atoms with Crippen LogP contribution in [0, 0.1) is 0 Å². The Morgan fingerprint density at radius 2 is 1.85 bits per heavy atom. The lowest BCUT2D eigenvalue weighted by Crippen LogP contribution is -2.15. The van der Waals surface area contributed by atoms with Gasteiger partial charge < -0.3 is 0 Å². The highest BCUT2D eigenvalue weighted by Gasteiger charge is 2.32. The maximum atomic E-state index is 12.7. The van der Waals surface area contributed by atoms with Crippen LogP contribution in [0.1, 0.15) is 44.2 Å². The summed E-state index contributed by atoms with van der Waals surface area (Å²) in [6.45, 7) is 1.98. The summed E-state index contributed by atoms with van der Waals surface area (Å²) in [4.78, 5) is 4.41. The Morgan fingerprint density at radius 1 is 1.10 bits per heavy atom. The van der Waals surface area contributed by atoms with Gasteiger partial charge >= 0.3 is 6.18 Å². The molecule has 0 bridgehead atoms. The summed E-state index contributed by atoms with van der Waals surface area (Å²) in [5.74, 6) is -0.542. The number of alkyl halides is 3. The molecule has 1 nitrogen and oxygen atoms in total. The summed E-state index contributed by atoms with van der Waals surface area (Å²) in [7, 11) is 0. The van der Waals surface area contributed by atoms with Crippen molar-refractivity contribution in [3.63, 3.8) is 0 Å². The van der Waals surface area contributed by atoms with Gasteiger partial charge in [0.25, 0.3) is 0 Å². The van der Waals surface area contributed by atoms with Crippen molar-refractivity contribution >= 4 is 10.9 Å². The van der Waals surface area contributed by atoms with E-state index >= 15 is 0 Å². The van der Waals surface area contributed by atoms with Gasteiger partial charge in [0.05, 0.1) is 11.9 Å². The first-order valence-electron chi connectivity index (χ1n) is 6.92. The Hall–Kier alpha value is -1.58. The normalized spacial score (nSPS) is 13.6. The topological polar surface area (TPSA) is 12.9 Å². The van der Waals surface area contributed by atoms with Gasteiger partial charge in [-0.2, -0.15) is 13.2 Å². The Bertz CT molecular complexity index is 563. The van der Waals surface area contributed by atoms with Crippen LogP contribution in [0.15, 0.2) is 36.4 Å². The maximum absolute atomic E-state index is 12.7. The quantitative estimate of drug-likeness (QED) is 0.709. The number of halogens is 3. The molecule has 0 N–H and O–H groups in total. The summed E-state index contributed by atoms with van der Waals surface area (Å²) in [5, 5.41) is 0.956. The van der Waals surface area contributed by atoms with Crippen molar-refractivity contribution in [2.75, 3.05) is 0 Å². The number of benzene rings is 1. The number of nitrogens with zero attached hydrogens (tertiary/aromatic N) is 1. The SMILES string of the molecule is CCCCC(CC(F)(F)F)c1ccc2ccccc2n1. The molecule has 0 saturated carbocycles. The lowest BCUT2D eigenvalue weighted by Gasteiger charge is -2.18. The van der Waals surface area contributed by atoms with Crippen LogP contribution >= 0.6 is 0 Å². The molecule has 0 saturated heterocycles. The number of hydrogen-bond donors (Lipinski definition) is 0. The van der Waals surface area contributed by atoms with Crippen molar-refractivity contribution in [1.82, 2.24) is 4.98 Å². The average molecular weight is 281 g/mol. The molecule has 0 fully saturated rings. The van der Waals surface area contributed by atoms with Crippen LogP contribution in [0.4, 0.5) is 13.2 Å². The van der Waals surface area contributed by atoms with E-state index in [1.165, 1.54) is 0 Å². The van der Waals surface area contributed by atoms with Gasteiger partial charge in [0, 0.05) is 17.0 Å². The monoisotopic (exact) mass is 281 g/mol. The van der Waals surface area contributed by atoms with Crippen molar-refractivity contribution in [2.24, 2.45) is 0 Å². The molecule has 0 aliphatic heterocycles. The van der Waals surface area contributed by atoms with E-state index in [0.29, 0.717) is 12.1 Å². The van der Waals surface area contributed by atoms with Crippen LogP contribution in [-0.4, -0.2) is 11.2 Å². The maximum Gasteiger partial charge on any atom is 0.389 e. The van der Waals surface area contributed by atoms with Crippen molar-refractivity contribution in [2.45, 2.75) is 44.7 Å². The molecule has 1 atom stereocenters. The first-order valence-corrected chi connectivity index (χ1v) is 6.92. The molecule has 1 aromatic carbocycles. The van der Waals surface area contributed by atoms with Gasteiger partial charge in [-0.05, 0) is 18.6 Å². The first kappa shape index (κ1) is 14.8. The van der Waals surface area contributed by atoms with Crippen LogP contribution in [0.25, 0.3) is 10.9 Å². The minimum absolute atomic E-state index is 0.529. The Balaban J connectivity index is 2.29. The molecular weight excluding hydrogens is 263 g/mol. The number of para-hydroxylation sites is 1. The highest BCUT2D eigenvalue weighted by Crippen LogP contribution is 2.34. The van der Waals surface area contributed by atoms with E-state index in [1.54, 1.807) is 6.07 Å². The predicted molar refractivity (Wildman–Crippen MR) is 74.7 cm³/mol. The molecule has 108 valence electrons. The van der Waals surface area contributed by atoms with E-state index in [2.05, 4.69) is 4.98 Å². The van der Waals surface area contributed by atoms with Crippen molar-refractivity contribution in [3.8, 4) is 0 Å². The summed E-state index contributed by atoms with van der Waals surface area (Å²) < 4.78 is 38.1. The largest absolute Gasteiger partial charge is 0.389 e. The summed E-state index contributed by atoms with van der Waals surface area (Å²) in [6.07, 6.45) is -2.73. The number of unbranched alkanes of at least 4 members (excludes halogenated alkanes) is 1. The fourth-order valence-corrected chi connectivity index (χ4v) is 2.39. The molecule has 0 aliphatic rings. The van der Waals surface area contributed by atoms with Gasteiger partial charge in [0.15, 0.2) is 0 Å². The molecule has 2 aromatic rings. The van der Waals surface area contributed by atoms with Crippen LogP contribution < -0.4 is 0 Å². The predicted octanol–water partition coefficient (Wildman–Crippen LogP) is 5.46. The first-order chi connectivity index (χ1) is 9.49. The van der Waals surface area contributed by atoms with E-state index in [4.69, 9.17) is 0 Å². The Labute approximate surface area is 116 Å². The van der Waals surface area contributed by atoms with Gasteiger partial charge in [0.1, 0.15) is 0 Å². The smallest absolute Gasteiger partial charge is 0.253 e. The third kappa shape index (κ3) is 3.95. The molecule has 4 heteroatoms. The third-order valence-electron chi connectivity index (χ3n) is 3.42. The van der Waals surface area contributed by atoms with Crippen molar-refractivity contribution in [3.05, 3.63) is 42.1 Å². The second-order valence-electron chi connectivity index (χ2n) is 5.09. The number of hydrogen-bond acceptors (Lipinski definition) is 1. The lowest BCUT2D eigenvalue weighted by molar-refractivity contribution is -0.139. The van der Waals surface area contributed by atoms with E-state index in [0.717, 1.165) is 23.7 Å². The van der Waals surface area contributed by atoms with Gasteiger partial charge in [-0.1, -0.05) is 44.0 Å². The van der Waals surface area contributed by atoms with Crippen molar-refractivity contribution < 1.29 is 13.2 Å². The highest BCUT2D eigenvalue weighted by molar-refractivity contribution is 5.78. The van der Waals surface area contributed by atoms with Gasteiger partial charge in [-0.15, -0.1) is 0 Å². The fraction of sp³-hybridized carbons (Fsp3) is 0.438. The highest BCUT2D eigenvalue weighted by atomic mass is 19.4. The zero-order chi connectivity index (χ0) is 14.6. The van der Waals surface area contributed by atoms with Crippen molar-refractivity contribution in [1.29, 1.82) is 0 Å². The zero-order valence-corrected chi connectivity index (χ0v) is 11.5. The van der Waals surface area contributed by atoms with Crippen LogP contribution in [0.5, 0.6) is 0 Å². The number of fused-ring (bicyclic) bond motifs is 1. The Kier molecular flexibility index (Phi) is 4.63. The van der Waals surface area contributed by atoms with Gasteiger partial charge in [-0.3, -0.25) is 4.98 Å². The molecule has 1 aromatic heterocycles. The number of aromatic nitrogens is 1. The fourth-order valence-electron chi connectivity index (χ4n) is 2.39. The summed E-state index contributed by atoms with van der Waals surface area (Å²) >= 11 is 0. The van der Waals surface area contributed by atoms with Gasteiger partial charge in [0.2, 0.25) is 0 Å². The number of pyridine rings is 1. The van der Waals surface area contributed by atoms with E-state index in [-0.39, 0.29) is 0 Å². The molecule has 1 unspecified atom stereocenters. The van der Waals surface area contributed by atoms with Crippen LogP contribution in [0.3, 0.4) is 0 Å². The molecule has 0 radical (unpaired) electrons. The molecule has 2 rings (SSSR count). The molecule has 20 heavy (non-hydrogen) atoms. The molecular formula is C16H18F3N. The second kappa shape index (κ2) is 6.25. The van der Waals surface area contributed by atoms with E-state index in [1.807, 2.05) is 37.3 Å². The molecule has 1 heterocycles. The van der Waals surface area contributed by atoms with Crippen LogP contribution in [0.2, 0.25) is 0 Å². The van der Waals surface area contributed by atoms with E-state index < -0.39 is 18.5 Å². The zero-order valence-electron chi connectivity index (χ0n) is 11.5. The second-order valence-corrected chi connectivity index (χ2v) is 5.09. The third-order valence-corrected chi connectivity index (χ3v) is 3.42. The lowest BCUT2D eigenvalue weighted by atomic mass is 9.94.